The van der Waals surface area contributed by atoms with Gasteiger partial charge < -0.3 is 4.57 Å². The van der Waals surface area contributed by atoms with Gasteiger partial charge in [-0.2, -0.15) is 0 Å². The van der Waals surface area contributed by atoms with Crippen LogP contribution >= 0.6 is 0 Å². The van der Waals surface area contributed by atoms with Gasteiger partial charge in [0, 0.05) is 7.05 Å². The van der Waals surface area contributed by atoms with Gasteiger partial charge in [0.2, 0.25) is 0 Å². The van der Waals surface area contributed by atoms with Gasteiger partial charge in [0.25, 0.3) is 0 Å². The molecule has 0 aliphatic carbocycles. The first-order chi connectivity index (χ1) is 17.2. The molecule has 0 radical (unpaired) electrons. The summed E-state index contributed by atoms with van der Waals surface area (Å²) in [7, 11) is 2.08. The molecule has 2 nitrogen and oxygen atoms in total. The fraction of sp³-hybridized carbons (Fsp3) is 0.0606. The van der Waals surface area contributed by atoms with E-state index in [4.69, 9.17) is 4.98 Å². The number of rotatable bonds is 2. The van der Waals surface area contributed by atoms with E-state index in [2.05, 4.69) is 128 Å². The first kappa shape index (κ1) is 20.0. The standard InChI is InChI=1S/C33H24N2/c1-21-34-30-20-25(17-18-31(30)35(21)2)33-28-13-7-5-11-26(28)32(27-12-6-8-14-29(27)33)24-16-15-22-9-3-4-10-23(22)19-24/h3-20H,1-2H3. The van der Waals surface area contributed by atoms with Crippen LogP contribution in [0.2, 0.25) is 0 Å². The zero-order valence-electron chi connectivity index (χ0n) is 19.8. The van der Waals surface area contributed by atoms with E-state index in [0.717, 1.165) is 16.9 Å². The Kier molecular flexibility index (Phi) is 4.31. The zero-order valence-corrected chi connectivity index (χ0v) is 19.8. The maximum absolute atomic E-state index is 4.82. The van der Waals surface area contributed by atoms with Crippen molar-refractivity contribution in [3.8, 4) is 22.3 Å². The molecule has 7 aromatic rings. The lowest BCUT2D eigenvalue weighted by Gasteiger charge is -2.18. The SMILES string of the molecule is Cc1nc2cc(-c3c4ccccc4c(-c4ccc5ccccc5c4)c4ccccc34)ccc2n1C. The lowest BCUT2D eigenvalue weighted by molar-refractivity contribution is 0.886. The summed E-state index contributed by atoms with van der Waals surface area (Å²) in [6, 6.07) is 39.7. The molecule has 0 unspecified atom stereocenters. The Labute approximate surface area is 204 Å². The third-order valence-electron chi connectivity index (χ3n) is 7.36. The van der Waals surface area contributed by atoms with Crippen molar-refractivity contribution < 1.29 is 0 Å². The summed E-state index contributed by atoms with van der Waals surface area (Å²) in [6.07, 6.45) is 0. The molecule has 35 heavy (non-hydrogen) atoms. The zero-order chi connectivity index (χ0) is 23.5. The second kappa shape index (κ2) is 7.54. The van der Waals surface area contributed by atoms with Crippen LogP contribution in [0.1, 0.15) is 5.82 Å². The molecule has 0 amide bonds. The van der Waals surface area contributed by atoms with Crippen molar-refractivity contribution in [3.63, 3.8) is 0 Å². The van der Waals surface area contributed by atoms with Crippen LogP contribution in [0.3, 0.4) is 0 Å². The van der Waals surface area contributed by atoms with Crippen molar-refractivity contribution in [1.29, 1.82) is 0 Å². The van der Waals surface area contributed by atoms with Crippen molar-refractivity contribution >= 4 is 43.4 Å². The van der Waals surface area contributed by atoms with Crippen molar-refractivity contribution in [2.24, 2.45) is 7.05 Å². The van der Waals surface area contributed by atoms with E-state index in [0.29, 0.717) is 0 Å². The quantitative estimate of drug-likeness (QED) is 0.242. The summed E-state index contributed by atoms with van der Waals surface area (Å²) < 4.78 is 2.15. The fourth-order valence-electron chi connectivity index (χ4n) is 5.57. The van der Waals surface area contributed by atoms with Crippen LogP contribution < -0.4 is 0 Å². The van der Waals surface area contributed by atoms with Crippen LogP contribution in [-0.4, -0.2) is 9.55 Å². The molecular weight excluding hydrogens is 424 g/mol. The van der Waals surface area contributed by atoms with Gasteiger partial charge in [0.05, 0.1) is 11.0 Å². The number of aryl methyl sites for hydroxylation is 2. The van der Waals surface area contributed by atoms with Gasteiger partial charge in [-0.15, -0.1) is 0 Å². The Morgan fingerprint density at radius 2 is 1.06 bits per heavy atom. The van der Waals surface area contributed by atoms with E-state index in [9.17, 15) is 0 Å². The number of hydrogen-bond acceptors (Lipinski definition) is 1. The predicted molar refractivity (Wildman–Crippen MR) is 149 cm³/mol. The highest BCUT2D eigenvalue weighted by atomic mass is 15.0. The van der Waals surface area contributed by atoms with Gasteiger partial charge in [-0.1, -0.05) is 91.0 Å². The summed E-state index contributed by atoms with van der Waals surface area (Å²) in [5, 5.41) is 7.60. The minimum absolute atomic E-state index is 1.03. The number of hydrogen-bond donors (Lipinski definition) is 0. The predicted octanol–water partition coefficient (Wildman–Crippen LogP) is 8.68. The highest BCUT2D eigenvalue weighted by Crippen LogP contribution is 2.44. The first-order valence-corrected chi connectivity index (χ1v) is 12.0. The van der Waals surface area contributed by atoms with E-state index < -0.39 is 0 Å². The molecule has 0 aliphatic heterocycles. The van der Waals surface area contributed by atoms with E-state index >= 15 is 0 Å². The molecule has 0 atom stereocenters. The average molecular weight is 449 g/mol. The Bertz CT molecular complexity index is 1870. The Morgan fingerprint density at radius 1 is 0.543 bits per heavy atom. The van der Waals surface area contributed by atoms with Crippen molar-refractivity contribution in [1.82, 2.24) is 9.55 Å². The molecule has 6 aromatic carbocycles. The van der Waals surface area contributed by atoms with Gasteiger partial charge in [0.1, 0.15) is 5.82 Å². The van der Waals surface area contributed by atoms with Crippen LogP contribution in [0.15, 0.2) is 109 Å². The molecule has 166 valence electrons. The topological polar surface area (TPSA) is 17.8 Å². The van der Waals surface area contributed by atoms with Crippen molar-refractivity contribution in [2.45, 2.75) is 6.92 Å². The number of imidazole rings is 1. The highest BCUT2D eigenvalue weighted by Gasteiger charge is 2.17. The van der Waals surface area contributed by atoms with Crippen LogP contribution in [0, 0.1) is 6.92 Å². The van der Waals surface area contributed by atoms with Crippen molar-refractivity contribution in [2.75, 3.05) is 0 Å². The first-order valence-electron chi connectivity index (χ1n) is 12.0. The van der Waals surface area contributed by atoms with Crippen LogP contribution in [0.25, 0.3) is 65.6 Å². The van der Waals surface area contributed by atoms with Crippen LogP contribution in [0.4, 0.5) is 0 Å². The second-order valence-electron chi connectivity index (χ2n) is 9.32. The van der Waals surface area contributed by atoms with E-state index in [1.165, 1.54) is 54.6 Å². The summed E-state index contributed by atoms with van der Waals surface area (Å²) >= 11 is 0. The van der Waals surface area contributed by atoms with Gasteiger partial charge >= 0.3 is 0 Å². The molecule has 0 saturated carbocycles. The maximum atomic E-state index is 4.82. The molecular formula is C33H24N2. The molecule has 0 saturated heterocycles. The van der Waals surface area contributed by atoms with Gasteiger partial charge in [0.15, 0.2) is 0 Å². The molecule has 1 heterocycles. The average Bonchev–Trinajstić information content (AvgIpc) is 3.19. The molecule has 0 fully saturated rings. The molecule has 1 aromatic heterocycles. The normalized spacial score (nSPS) is 11.7. The lowest BCUT2D eigenvalue weighted by Crippen LogP contribution is -1.91. The monoisotopic (exact) mass is 448 g/mol. The van der Waals surface area contributed by atoms with E-state index in [1.54, 1.807) is 0 Å². The summed E-state index contributed by atoms with van der Waals surface area (Å²) in [6.45, 7) is 2.06. The largest absolute Gasteiger partial charge is 0.331 e. The highest BCUT2D eigenvalue weighted by molar-refractivity contribution is 6.22. The second-order valence-corrected chi connectivity index (χ2v) is 9.32. The van der Waals surface area contributed by atoms with Crippen LogP contribution in [0.5, 0.6) is 0 Å². The number of fused-ring (bicyclic) bond motifs is 4. The third kappa shape index (κ3) is 3.00. The van der Waals surface area contributed by atoms with Gasteiger partial charge in [-0.3, -0.25) is 0 Å². The number of aromatic nitrogens is 2. The molecule has 0 N–H and O–H groups in total. The minimum atomic E-state index is 1.03. The number of benzene rings is 6. The summed E-state index contributed by atoms with van der Waals surface area (Å²) in [4.78, 5) is 4.82. The van der Waals surface area contributed by atoms with Crippen LogP contribution in [-0.2, 0) is 7.05 Å². The van der Waals surface area contributed by atoms with E-state index in [1.807, 2.05) is 0 Å². The molecule has 7 rings (SSSR count). The third-order valence-corrected chi connectivity index (χ3v) is 7.36. The Morgan fingerprint density at radius 3 is 1.69 bits per heavy atom. The lowest BCUT2D eigenvalue weighted by atomic mass is 9.85. The van der Waals surface area contributed by atoms with Gasteiger partial charge in [-0.05, 0) is 79.7 Å². The van der Waals surface area contributed by atoms with Crippen molar-refractivity contribution in [3.05, 3.63) is 115 Å². The van der Waals surface area contributed by atoms with Gasteiger partial charge in [-0.25, -0.2) is 4.98 Å². The molecule has 0 spiro atoms. The fourth-order valence-corrected chi connectivity index (χ4v) is 5.57. The molecule has 2 heteroatoms. The smallest absolute Gasteiger partial charge is 0.106 e. The minimum Gasteiger partial charge on any atom is -0.331 e. The Hall–Kier alpha value is -4.43. The molecule has 0 aliphatic rings. The molecule has 0 bridgehead atoms. The summed E-state index contributed by atoms with van der Waals surface area (Å²) in [5.41, 5.74) is 7.21. The summed E-state index contributed by atoms with van der Waals surface area (Å²) in [5.74, 6) is 1.03. The number of nitrogens with zero attached hydrogens (tertiary/aromatic N) is 2. The van der Waals surface area contributed by atoms with E-state index in [-0.39, 0.29) is 0 Å². The Balaban J connectivity index is 1.60. The maximum Gasteiger partial charge on any atom is 0.106 e.